The molecule has 0 aliphatic carbocycles. The first kappa shape index (κ1) is 58.6. The summed E-state index contributed by atoms with van der Waals surface area (Å²) in [5, 5.41) is 7.33. The normalized spacial score (nSPS) is 11.0. The number of ether oxygens (including phenoxy) is 1. The molecule has 8 aromatic carbocycles. The number of hydrogen-bond acceptors (Lipinski definition) is 8. The van der Waals surface area contributed by atoms with Crippen molar-refractivity contribution in [1.82, 2.24) is 19.9 Å². The highest BCUT2D eigenvalue weighted by Gasteiger charge is 2.21. The van der Waals surface area contributed by atoms with Crippen molar-refractivity contribution in [2.24, 2.45) is 0 Å². The first-order chi connectivity index (χ1) is 40.4. The predicted octanol–water partition coefficient (Wildman–Crippen LogP) is 18.3. The summed E-state index contributed by atoms with van der Waals surface area (Å²) >= 11 is 0. The van der Waals surface area contributed by atoms with E-state index < -0.39 is 11.7 Å². The number of halogens is 4. The summed E-state index contributed by atoms with van der Waals surface area (Å²) in [7, 11) is 5.64. The van der Waals surface area contributed by atoms with Crippen molar-refractivity contribution in [3.8, 4) is 45.0 Å². The standard InChI is InChI=1S/C21H21FN2O2.C18H17FN2.C16H13FN2.C16H12FN/c1-21(2,3)26-20(25)24(4)17-10-12-19-15(13-17)7-11-18(23-19)14-5-8-16(22)9-6-14;1-3-21(2)16-9-11-18-14(12-16)6-10-17(20-18)13-4-7-15(19)8-5-13;1-18-14-7-9-16-12(10-14)4-8-15(19-16)11-2-5-13(17)6-3-11;1-11-2-8-16-13(10-11)5-9-15(18-16)12-3-6-14(17)7-4-12/h5-13H,1-4H3;4-12H,3H2,1-2H3;2-10,18H,1H3;2-10H,1H3. The average Bonchev–Trinajstić information content (AvgIpc) is 3.45. The van der Waals surface area contributed by atoms with Crippen molar-refractivity contribution in [1.29, 1.82) is 0 Å². The van der Waals surface area contributed by atoms with Gasteiger partial charge in [0, 0.05) is 88.5 Å². The van der Waals surface area contributed by atoms with E-state index in [2.05, 4.69) is 81.4 Å². The Balaban J connectivity index is 0.000000136. The number of benzene rings is 8. The van der Waals surface area contributed by atoms with E-state index in [1.54, 1.807) is 55.6 Å². The fourth-order valence-corrected chi connectivity index (χ4v) is 8.94. The van der Waals surface area contributed by atoms with Crippen molar-refractivity contribution >= 4 is 66.8 Å². The van der Waals surface area contributed by atoms with Gasteiger partial charge in [-0.1, -0.05) is 35.9 Å². The molecule has 0 radical (unpaired) electrons. The number of amides is 1. The minimum absolute atomic E-state index is 0.227. The number of nitrogens with one attached hydrogen (secondary N) is 1. The summed E-state index contributed by atoms with van der Waals surface area (Å²) in [5.74, 6) is -0.963. The van der Waals surface area contributed by atoms with E-state index in [-0.39, 0.29) is 23.3 Å². The van der Waals surface area contributed by atoms with Crippen molar-refractivity contribution in [2.45, 2.75) is 40.2 Å². The van der Waals surface area contributed by atoms with Crippen LogP contribution in [-0.4, -0.2) is 59.3 Å². The zero-order valence-corrected chi connectivity index (χ0v) is 48.0. The van der Waals surface area contributed by atoms with Crippen molar-refractivity contribution in [3.63, 3.8) is 0 Å². The summed E-state index contributed by atoms with van der Waals surface area (Å²) < 4.78 is 57.2. The molecule has 422 valence electrons. The number of aromatic nitrogens is 4. The molecule has 0 atom stereocenters. The summed E-state index contributed by atoms with van der Waals surface area (Å²) in [6.45, 7) is 10.7. The lowest BCUT2D eigenvalue weighted by molar-refractivity contribution is 0.0589. The zero-order chi connectivity index (χ0) is 59.5. The zero-order valence-electron chi connectivity index (χ0n) is 48.0. The van der Waals surface area contributed by atoms with Crippen LogP contribution in [0.1, 0.15) is 33.3 Å². The molecule has 0 fully saturated rings. The Morgan fingerprint density at radius 2 is 0.774 bits per heavy atom. The minimum Gasteiger partial charge on any atom is -0.443 e. The lowest BCUT2D eigenvalue weighted by Crippen LogP contribution is -2.34. The number of hydrogen-bond donors (Lipinski definition) is 1. The number of fused-ring (bicyclic) bond motifs is 4. The molecule has 0 saturated carbocycles. The largest absolute Gasteiger partial charge is 0.443 e. The van der Waals surface area contributed by atoms with Gasteiger partial charge in [-0.25, -0.2) is 42.3 Å². The molecule has 12 rings (SSSR count). The van der Waals surface area contributed by atoms with Crippen LogP contribution < -0.4 is 15.1 Å². The molecule has 0 aliphatic rings. The van der Waals surface area contributed by atoms with Gasteiger partial charge < -0.3 is 15.0 Å². The van der Waals surface area contributed by atoms with Crippen LogP contribution in [0, 0.1) is 30.2 Å². The number of pyridine rings is 4. The van der Waals surface area contributed by atoms with E-state index in [0.717, 1.165) is 107 Å². The molecule has 0 spiro atoms. The second kappa shape index (κ2) is 26.3. The molecule has 4 heterocycles. The van der Waals surface area contributed by atoms with E-state index in [0.29, 0.717) is 0 Å². The SMILES string of the molecule is CCN(C)c1ccc2nc(-c3ccc(F)cc3)ccc2c1.CN(C(=O)OC(C)(C)C)c1ccc2nc(-c3ccc(F)cc3)ccc2c1.CNc1ccc2nc(-c3ccc(F)cc3)ccc2c1.Cc1ccc2nc(-c3ccc(F)cc3)ccc2c1. The topological polar surface area (TPSA) is 96.4 Å². The maximum atomic E-state index is 13.1. The third-order valence-corrected chi connectivity index (χ3v) is 13.7. The Hall–Kier alpha value is -10.0. The van der Waals surface area contributed by atoms with E-state index in [1.807, 2.05) is 119 Å². The molecular formula is C71H63F4N7O2. The third-order valence-electron chi connectivity index (χ3n) is 13.7. The monoisotopic (exact) mass is 1120 g/mol. The average molecular weight is 1120 g/mol. The number of carbonyl (C=O) groups excluding carboxylic acids is 1. The molecule has 0 aliphatic heterocycles. The first-order valence-corrected chi connectivity index (χ1v) is 27.4. The molecule has 12 aromatic rings. The number of anilines is 3. The highest BCUT2D eigenvalue weighted by atomic mass is 19.1. The summed E-state index contributed by atoms with van der Waals surface area (Å²) in [6, 6.07) is 65.3. The van der Waals surface area contributed by atoms with Gasteiger partial charge >= 0.3 is 6.09 Å². The van der Waals surface area contributed by atoms with E-state index in [4.69, 9.17) is 4.74 Å². The lowest BCUT2D eigenvalue weighted by Gasteiger charge is -2.24. The number of carbonyl (C=O) groups is 1. The molecular weight excluding hydrogens is 1060 g/mol. The number of aryl methyl sites for hydroxylation is 1. The summed E-state index contributed by atoms with van der Waals surface area (Å²) in [4.78, 5) is 34.4. The third kappa shape index (κ3) is 15.1. The van der Waals surface area contributed by atoms with Crippen LogP contribution in [0.15, 0.2) is 218 Å². The van der Waals surface area contributed by atoms with E-state index in [9.17, 15) is 22.4 Å². The van der Waals surface area contributed by atoms with Gasteiger partial charge in [0.05, 0.1) is 44.8 Å². The van der Waals surface area contributed by atoms with Gasteiger partial charge in [-0.3, -0.25) is 4.90 Å². The Labute approximate surface area is 486 Å². The molecule has 1 N–H and O–H groups in total. The fourth-order valence-electron chi connectivity index (χ4n) is 8.94. The van der Waals surface area contributed by atoms with Crippen LogP contribution in [0.25, 0.3) is 88.6 Å². The minimum atomic E-state index is -0.548. The summed E-state index contributed by atoms with van der Waals surface area (Å²) in [6.07, 6.45) is -0.409. The molecule has 13 heteroatoms. The quantitative estimate of drug-likeness (QED) is 0.150. The van der Waals surface area contributed by atoms with Crippen LogP contribution in [0.2, 0.25) is 0 Å². The van der Waals surface area contributed by atoms with Gasteiger partial charge in [-0.2, -0.15) is 0 Å². The van der Waals surface area contributed by atoms with E-state index in [1.165, 1.54) is 64.7 Å². The predicted molar refractivity (Wildman–Crippen MR) is 336 cm³/mol. The highest BCUT2D eigenvalue weighted by Crippen LogP contribution is 2.29. The van der Waals surface area contributed by atoms with Crippen LogP contribution in [0.5, 0.6) is 0 Å². The molecule has 0 unspecified atom stereocenters. The second-order valence-corrected chi connectivity index (χ2v) is 21.0. The maximum absolute atomic E-state index is 13.1. The van der Waals surface area contributed by atoms with Gasteiger partial charge in [-0.05, 0) is 223 Å². The van der Waals surface area contributed by atoms with Crippen molar-refractivity contribution in [3.05, 3.63) is 247 Å². The Bertz CT molecular complexity index is 4230. The number of nitrogens with zero attached hydrogens (tertiary/aromatic N) is 6. The van der Waals surface area contributed by atoms with Crippen LogP contribution in [0.4, 0.5) is 39.4 Å². The second-order valence-electron chi connectivity index (χ2n) is 21.0. The first-order valence-electron chi connectivity index (χ1n) is 27.4. The molecule has 1 amide bonds. The van der Waals surface area contributed by atoms with Gasteiger partial charge in [0.25, 0.3) is 0 Å². The van der Waals surface area contributed by atoms with Gasteiger partial charge in [0.1, 0.15) is 28.9 Å². The Morgan fingerprint density at radius 3 is 1.14 bits per heavy atom. The molecule has 84 heavy (non-hydrogen) atoms. The van der Waals surface area contributed by atoms with Gasteiger partial charge in [0.2, 0.25) is 0 Å². The Kier molecular flexibility index (Phi) is 18.3. The van der Waals surface area contributed by atoms with Crippen molar-refractivity contribution < 1.29 is 27.1 Å². The van der Waals surface area contributed by atoms with Gasteiger partial charge in [0.15, 0.2) is 0 Å². The highest BCUT2D eigenvalue weighted by molar-refractivity contribution is 5.92. The van der Waals surface area contributed by atoms with Crippen molar-refractivity contribution in [2.75, 3.05) is 42.8 Å². The molecule has 4 aromatic heterocycles. The molecule has 0 saturated heterocycles. The smallest absolute Gasteiger partial charge is 0.414 e. The van der Waals surface area contributed by atoms with E-state index >= 15 is 0 Å². The van der Waals surface area contributed by atoms with Crippen LogP contribution in [-0.2, 0) is 4.74 Å². The maximum Gasteiger partial charge on any atom is 0.414 e. The lowest BCUT2D eigenvalue weighted by atomic mass is 10.1. The molecule has 9 nitrogen and oxygen atoms in total. The Morgan fingerprint density at radius 1 is 0.440 bits per heavy atom. The van der Waals surface area contributed by atoms with Crippen LogP contribution >= 0.6 is 0 Å². The fraction of sp³-hybridized carbons (Fsp3) is 0.141. The van der Waals surface area contributed by atoms with Crippen LogP contribution in [0.3, 0.4) is 0 Å². The summed E-state index contributed by atoms with van der Waals surface area (Å²) in [5.41, 5.74) is 14.2. The van der Waals surface area contributed by atoms with Gasteiger partial charge in [-0.15, -0.1) is 0 Å². The molecule has 0 bridgehead atoms. The number of rotatable bonds is 8.